The zero-order valence-corrected chi connectivity index (χ0v) is 8.77. The molecule has 3 nitrogen and oxygen atoms in total. The van der Waals surface area contributed by atoms with Crippen LogP contribution < -0.4 is 5.32 Å². The fraction of sp³-hybridized carbons (Fsp3) is 0.667. The third-order valence-electron chi connectivity index (χ3n) is 1.49. The van der Waals surface area contributed by atoms with Gasteiger partial charge in [-0.1, -0.05) is 6.08 Å². The van der Waals surface area contributed by atoms with Gasteiger partial charge in [0.2, 0.25) is 5.91 Å². The van der Waals surface area contributed by atoms with Crippen LogP contribution in [0.1, 0.15) is 6.92 Å². The Morgan fingerprint density at radius 1 is 1.47 bits per heavy atom. The number of carbonyl (C=O) groups excluding carboxylic acids is 1. The highest BCUT2D eigenvalue weighted by molar-refractivity contribution is 5.87. The van der Waals surface area contributed by atoms with Gasteiger partial charge in [-0.3, -0.25) is 9.69 Å². The molecule has 0 saturated carbocycles. The van der Waals surface area contributed by atoms with Crippen molar-refractivity contribution in [2.24, 2.45) is 0 Å². The Hall–Kier alpha value is -1.04. The Bertz CT molecular complexity index is 226. The van der Waals surface area contributed by atoms with Crippen LogP contribution in [0.15, 0.2) is 12.2 Å². The summed E-state index contributed by atoms with van der Waals surface area (Å²) in [6.07, 6.45) is -1.57. The highest BCUT2D eigenvalue weighted by Gasteiger charge is 2.28. The first-order chi connectivity index (χ1) is 6.85. The summed E-state index contributed by atoms with van der Waals surface area (Å²) >= 11 is 0. The van der Waals surface area contributed by atoms with E-state index in [1.54, 1.807) is 6.92 Å². The van der Waals surface area contributed by atoms with Crippen LogP contribution in [0.25, 0.3) is 0 Å². The summed E-state index contributed by atoms with van der Waals surface area (Å²) in [4.78, 5) is 12.0. The maximum absolute atomic E-state index is 11.9. The lowest BCUT2D eigenvalue weighted by Gasteiger charge is -2.16. The van der Waals surface area contributed by atoms with Crippen LogP contribution in [0.4, 0.5) is 13.2 Å². The third kappa shape index (κ3) is 9.27. The van der Waals surface area contributed by atoms with Crippen LogP contribution >= 0.6 is 0 Å². The van der Waals surface area contributed by atoms with Crippen molar-refractivity contribution < 1.29 is 18.0 Å². The first kappa shape index (κ1) is 14.0. The SMILES string of the molecule is CCNC(=O)/C=C/CN(C)CC(F)(F)F. The van der Waals surface area contributed by atoms with E-state index in [-0.39, 0.29) is 12.5 Å². The molecule has 0 spiro atoms. The van der Waals surface area contributed by atoms with E-state index in [0.717, 1.165) is 4.90 Å². The molecule has 0 radical (unpaired) electrons. The second-order valence-electron chi connectivity index (χ2n) is 3.11. The molecule has 0 atom stereocenters. The first-order valence-electron chi connectivity index (χ1n) is 4.55. The van der Waals surface area contributed by atoms with Crippen molar-refractivity contribution in [1.29, 1.82) is 0 Å². The van der Waals surface area contributed by atoms with Crippen molar-refractivity contribution in [1.82, 2.24) is 10.2 Å². The fourth-order valence-corrected chi connectivity index (χ4v) is 0.943. The molecule has 0 unspecified atom stereocenters. The van der Waals surface area contributed by atoms with E-state index in [0.29, 0.717) is 6.54 Å². The van der Waals surface area contributed by atoms with E-state index in [1.807, 2.05) is 0 Å². The van der Waals surface area contributed by atoms with E-state index in [9.17, 15) is 18.0 Å². The zero-order chi connectivity index (χ0) is 11.9. The smallest absolute Gasteiger partial charge is 0.353 e. The van der Waals surface area contributed by atoms with Gasteiger partial charge < -0.3 is 5.32 Å². The van der Waals surface area contributed by atoms with Crippen LogP contribution in [0.2, 0.25) is 0 Å². The number of nitrogens with one attached hydrogen (secondary N) is 1. The van der Waals surface area contributed by atoms with Crippen LogP contribution in [0, 0.1) is 0 Å². The van der Waals surface area contributed by atoms with Gasteiger partial charge in [-0.05, 0) is 14.0 Å². The van der Waals surface area contributed by atoms with Gasteiger partial charge in [-0.2, -0.15) is 13.2 Å². The molecule has 1 N–H and O–H groups in total. The molecule has 0 aromatic heterocycles. The molecule has 0 saturated heterocycles. The average Bonchev–Trinajstić information content (AvgIpc) is 2.00. The molecule has 88 valence electrons. The summed E-state index contributed by atoms with van der Waals surface area (Å²) < 4.78 is 35.6. The number of rotatable bonds is 5. The monoisotopic (exact) mass is 224 g/mol. The molecule has 0 rings (SSSR count). The number of halogens is 3. The number of alkyl halides is 3. The molecule has 0 aliphatic carbocycles. The number of hydrogen-bond acceptors (Lipinski definition) is 2. The van der Waals surface area contributed by atoms with Crippen LogP contribution in [-0.4, -0.2) is 43.7 Å². The van der Waals surface area contributed by atoms with Gasteiger partial charge in [-0.25, -0.2) is 0 Å². The average molecular weight is 224 g/mol. The Morgan fingerprint density at radius 3 is 2.53 bits per heavy atom. The predicted molar refractivity (Wildman–Crippen MR) is 51.4 cm³/mol. The molecular formula is C9H15F3N2O. The molecule has 15 heavy (non-hydrogen) atoms. The van der Waals surface area contributed by atoms with Crippen LogP contribution in [0.3, 0.4) is 0 Å². The normalized spacial score (nSPS) is 12.4. The van der Waals surface area contributed by atoms with Gasteiger partial charge in [0.15, 0.2) is 0 Å². The fourth-order valence-electron chi connectivity index (χ4n) is 0.943. The minimum atomic E-state index is -4.20. The number of carbonyl (C=O) groups is 1. The maximum atomic E-state index is 11.9. The van der Waals surface area contributed by atoms with E-state index >= 15 is 0 Å². The lowest BCUT2D eigenvalue weighted by Crippen LogP contribution is -2.31. The molecule has 0 aliphatic heterocycles. The number of amides is 1. The quantitative estimate of drug-likeness (QED) is 0.711. The van der Waals surface area contributed by atoms with E-state index < -0.39 is 12.7 Å². The largest absolute Gasteiger partial charge is 0.401 e. The molecule has 0 aliphatic rings. The molecule has 0 aromatic carbocycles. The van der Waals surface area contributed by atoms with Gasteiger partial charge in [0.1, 0.15) is 0 Å². The number of hydrogen-bond donors (Lipinski definition) is 1. The minimum absolute atomic E-state index is 0.0939. The molecule has 1 amide bonds. The van der Waals surface area contributed by atoms with E-state index in [2.05, 4.69) is 5.32 Å². The molecule has 0 bridgehead atoms. The van der Waals surface area contributed by atoms with Crippen LogP contribution in [0.5, 0.6) is 0 Å². The Balaban J connectivity index is 3.80. The zero-order valence-electron chi connectivity index (χ0n) is 8.77. The van der Waals surface area contributed by atoms with Gasteiger partial charge in [0.05, 0.1) is 6.54 Å². The summed E-state index contributed by atoms with van der Waals surface area (Å²) in [5, 5.41) is 2.50. The van der Waals surface area contributed by atoms with E-state index in [4.69, 9.17) is 0 Å². The molecular weight excluding hydrogens is 209 g/mol. The Morgan fingerprint density at radius 2 is 2.07 bits per heavy atom. The topological polar surface area (TPSA) is 32.3 Å². The molecule has 6 heteroatoms. The number of nitrogens with zero attached hydrogens (tertiary/aromatic N) is 1. The number of likely N-dealkylation sites (N-methyl/N-ethyl adjacent to an activating group) is 2. The van der Waals surface area contributed by atoms with Gasteiger partial charge in [0.25, 0.3) is 0 Å². The van der Waals surface area contributed by atoms with Crippen molar-refractivity contribution in [3.05, 3.63) is 12.2 Å². The molecule has 0 heterocycles. The predicted octanol–water partition coefficient (Wildman–Crippen LogP) is 1.17. The summed E-state index contributed by atoms with van der Waals surface area (Å²) in [6, 6.07) is 0. The van der Waals surface area contributed by atoms with Crippen molar-refractivity contribution >= 4 is 5.91 Å². The van der Waals surface area contributed by atoms with Crippen LogP contribution in [-0.2, 0) is 4.79 Å². The lowest BCUT2D eigenvalue weighted by molar-refractivity contribution is -0.141. The second-order valence-corrected chi connectivity index (χ2v) is 3.11. The molecule has 0 aromatic rings. The summed E-state index contributed by atoms with van der Waals surface area (Å²) in [5.74, 6) is -0.294. The van der Waals surface area contributed by atoms with E-state index in [1.165, 1.54) is 19.2 Å². The van der Waals surface area contributed by atoms with Gasteiger partial charge >= 0.3 is 6.18 Å². The minimum Gasteiger partial charge on any atom is -0.353 e. The van der Waals surface area contributed by atoms with Gasteiger partial charge in [-0.15, -0.1) is 0 Å². The Kier molecular flexibility index (Phi) is 6.00. The van der Waals surface area contributed by atoms with Crippen molar-refractivity contribution in [2.45, 2.75) is 13.1 Å². The summed E-state index contributed by atoms with van der Waals surface area (Å²) in [7, 11) is 1.34. The Labute approximate surface area is 86.9 Å². The maximum Gasteiger partial charge on any atom is 0.401 e. The third-order valence-corrected chi connectivity index (χ3v) is 1.49. The van der Waals surface area contributed by atoms with Crippen molar-refractivity contribution in [3.8, 4) is 0 Å². The summed E-state index contributed by atoms with van der Waals surface area (Å²) in [6.45, 7) is 1.38. The highest BCUT2D eigenvalue weighted by atomic mass is 19.4. The van der Waals surface area contributed by atoms with Crippen molar-refractivity contribution in [3.63, 3.8) is 0 Å². The molecule has 0 fully saturated rings. The highest BCUT2D eigenvalue weighted by Crippen LogP contribution is 2.15. The second kappa shape index (κ2) is 6.44. The standard InChI is InChI=1S/C9H15F3N2O/c1-3-13-8(15)5-4-6-14(2)7-9(10,11)12/h4-5H,3,6-7H2,1-2H3,(H,13,15)/b5-4+. The summed E-state index contributed by atoms with van der Waals surface area (Å²) in [5.41, 5.74) is 0. The van der Waals surface area contributed by atoms with Gasteiger partial charge in [0, 0.05) is 19.2 Å². The van der Waals surface area contributed by atoms with Crippen molar-refractivity contribution in [2.75, 3.05) is 26.7 Å². The lowest BCUT2D eigenvalue weighted by atomic mass is 10.4. The first-order valence-corrected chi connectivity index (χ1v) is 4.55.